The fraction of sp³-hybridized carbons (Fsp3) is 0.500. The van der Waals surface area contributed by atoms with Crippen LogP contribution in [0.15, 0.2) is 18.2 Å². The fourth-order valence-electron chi connectivity index (χ4n) is 2.50. The summed E-state index contributed by atoms with van der Waals surface area (Å²) >= 11 is 6.21. The Kier molecular flexibility index (Phi) is 3.81. The second-order valence-corrected chi connectivity index (χ2v) is 5.56. The molecule has 2 unspecified atom stereocenters. The van der Waals surface area contributed by atoms with Gasteiger partial charge in [-0.1, -0.05) is 18.5 Å². The lowest BCUT2D eigenvalue weighted by Crippen LogP contribution is -2.41. The Morgan fingerprint density at radius 3 is 2.72 bits per heavy atom. The highest BCUT2D eigenvalue weighted by molar-refractivity contribution is 6.33. The van der Waals surface area contributed by atoms with Crippen LogP contribution in [0.2, 0.25) is 5.02 Å². The first kappa shape index (κ1) is 13.2. The summed E-state index contributed by atoms with van der Waals surface area (Å²) in [5.41, 5.74) is 1.18. The van der Waals surface area contributed by atoms with Crippen molar-refractivity contribution in [2.75, 3.05) is 11.4 Å². The minimum absolute atomic E-state index is 0.237. The topological polar surface area (TPSA) is 40.5 Å². The van der Waals surface area contributed by atoms with E-state index in [2.05, 4.69) is 18.7 Å². The highest BCUT2D eigenvalue weighted by Gasteiger charge is 2.24. The van der Waals surface area contributed by atoms with Gasteiger partial charge in [0.25, 0.3) is 0 Å². The van der Waals surface area contributed by atoms with Crippen molar-refractivity contribution in [2.45, 2.75) is 32.7 Å². The van der Waals surface area contributed by atoms with Crippen LogP contribution in [0.3, 0.4) is 0 Å². The zero-order valence-corrected chi connectivity index (χ0v) is 11.4. The van der Waals surface area contributed by atoms with Gasteiger partial charge in [-0.05, 0) is 43.9 Å². The minimum atomic E-state index is -0.941. The van der Waals surface area contributed by atoms with Crippen LogP contribution in [0.1, 0.15) is 37.0 Å². The molecule has 3 nitrogen and oxygen atoms in total. The zero-order valence-electron chi connectivity index (χ0n) is 10.7. The number of carboxylic acids is 1. The molecule has 2 atom stereocenters. The maximum absolute atomic E-state index is 10.9. The SMILES string of the molecule is CC1CCC(C)N(c2ccc(C(=O)O)cc2Cl)C1. The van der Waals surface area contributed by atoms with E-state index in [1.54, 1.807) is 6.07 Å². The smallest absolute Gasteiger partial charge is 0.335 e. The van der Waals surface area contributed by atoms with E-state index in [9.17, 15) is 4.79 Å². The molecule has 0 aromatic heterocycles. The molecule has 1 aliphatic rings. The Labute approximate surface area is 112 Å². The molecular weight excluding hydrogens is 250 g/mol. The average Bonchev–Trinajstić information content (AvgIpc) is 2.32. The first-order valence-corrected chi connectivity index (χ1v) is 6.66. The summed E-state index contributed by atoms with van der Waals surface area (Å²) in [7, 11) is 0. The highest BCUT2D eigenvalue weighted by Crippen LogP contribution is 2.33. The Morgan fingerprint density at radius 1 is 1.39 bits per heavy atom. The molecule has 0 bridgehead atoms. The van der Waals surface area contributed by atoms with Crippen LogP contribution in [0.25, 0.3) is 0 Å². The summed E-state index contributed by atoms with van der Waals surface area (Å²) in [5, 5.41) is 9.46. The molecule has 0 saturated carbocycles. The summed E-state index contributed by atoms with van der Waals surface area (Å²) in [4.78, 5) is 13.2. The van der Waals surface area contributed by atoms with Crippen molar-refractivity contribution in [3.63, 3.8) is 0 Å². The van der Waals surface area contributed by atoms with Crippen molar-refractivity contribution < 1.29 is 9.90 Å². The normalized spacial score (nSPS) is 24.1. The first-order chi connectivity index (χ1) is 8.49. The van der Waals surface area contributed by atoms with Gasteiger partial charge in [-0.2, -0.15) is 0 Å². The lowest BCUT2D eigenvalue weighted by Gasteiger charge is -2.39. The summed E-state index contributed by atoms with van der Waals surface area (Å²) in [6.07, 6.45) is 2.39. The highest BCUT2D eigenvalue weighted by atomic mass is 35.5. The van der Waals surface area contributed by atoms with Crippen molar-refractivity contribution >= 4 is 23.3 Å². The summed E-state index contributed by atoms with van der Waals surface area (Å²) in [6, 6.07) is 5.43. The van der Waals surface area contributed by atoms with Crippen LogP contribution < -0.4 is 4.90 Å². The van der Waals surface area contributed by atoms with E-state index in [0.29, 0.717) is 17.0 Å². The largest absolute Gasteiger partial charge is 0.478 e. The molecule has 0 radical (unpaired) electrons. The molecule has 1 heterocycles. The van der Waals surface area contributed by atoms with Crippen LogP contribution in [0.5, 0.6) is 0 Å². The van der Waals surface area contributed by atoms with E-state index in [4.69, 9.17) is 16.7 Å². The Hall–Kier alpha value is -1.22. The first-order valence-electron chi connectivity index (χ1n) is 6.28. The maximum Gasteiger partial charge on any atom is 0.335 e. The fourth-order valence-corrected chi connectivity index (χ4v) is 2.79. The molecule has 1 aromatic rings. The number of piperidine rings is 1. The molecule has 2 rings (SSSR count). The second-order valence-electron chi connectivity index (χ2n) is 5.16. The number of nitrogens with zero attached hydrogens (tertiary/aromatic N) is 1. The molecule has 1 aliphatic heterocycles. The van der Waals surface area contributed by atoms with Gasteiger partial charge in [-0.3, -0.25) is 0 Å². The third-order valence-corrected chi connectivity index (χ3v) is 3.92. The molecule has 1 N–H and O–H groups in total. The van der Waals surface area contributed by atoms with Gasteiger partial charge in [-0.25, -0.2) is 4.79 Å². The summed E-state index contributed by atoms with van der Waals surface area (Å²) < 4.78 is 0. The van der Waals surface area contributed by atoms with Crippen LogP contribution in [-0.4, -0.2) is 23.7 Å². The van der Waals surface area contributed by atoms with Crippen molar-refractivity contribution in [3.8, 4) is 0 Å². The number of aromatic carboxylic acids is 1. The Morgan fingerprint density at radius 2 is 2.11 bits per heavy atom. The third-order valence-electron chi connectivity index (χ3n) is 3.62. The number of benzene rings is 1. The third kappa shape index (κ3) is 2.61. The van der Waals surface area contributed by atoms with E-state index in [1.165, 1.54) is 12.5 Å². The molecule has 1 fully saturated rings. The van der Waals surface area contributed by atoms with E-state index >= 15 is 0 Å². The quantitative estimate of drug-likeness (QED) is 0.889. The predicted octanol–water partition coefficient (Wildman–Crippen LogP) is 3.66. The van der Waals surface area contributed by atoms with Crippen molar-refractivity contribution in [2.24, 2.45) is 5.92 Å². The number of halogens is 1. The standard InChI is InChI=1S/C14H18ClNO2/c1-9-3-4-10(2)16(8-9)13-6-5-11(14(17)18)7-12(13)15/h5-7,9-10H,3-4,8H2,1-2H3,(H,17,18). The Balaban J connectivity index is 2.30. The number of hydrogen-bond acceptors (Lipinski definition) is 2. The van der Waals surface area contributed by atoms with E-state index in [1.807, 2.05) is 6.07 Å². The molecule has 0 aliphatic carbocycles. The molecule has 1 aromatic carbocycles. The van der Waals surface area contributed by atoms with Crippen LogP contribution in [0.4, 0.5) is 5.69 Å². The van der Waals surface area contributed by atoms with Crippen molar-refractivity contribution in [3.05, 3.63) is 28.8 Å². The molecule has 1 saturated heterocycles. The predicted molar refractivity (Wildman–Crippen MR) is 73.6 cm³/mol. The average molecular weight is 268 g/mol. The molecule has 98 valence electrons. The van der Waals surface area contributed by atoms with Crippen molar-refractivity contribution in [1.82, 2.24) is 0 Å². The van der Waals surface area contributed by atoms with Gasteiger partial charge in [0.15, 0.2) is 0 Å². The van der Waals surface area contributed by atoms with Gasteiger partial charge in [0.2, 0.25) is 0 Å². The van der Waals surface area contributed by atoms with Gasteiger partial charge in [-0.15, -0.1) is 0 Å². The second kappa shape index (κ2) is 5.19. The molecule has 4 heteroatoms. The Bertz CT molecular complexity index is 461. The number of hydrogen-bond donors (Lipinski definition) is 1. The van der Waals surface area contributed by atoms with Gasteiger partial charge in [0, 0.05) is 12.6 Å². The van der Waals surface area contributed by atoms with Crippen LogP contribution in [-0.2, 0) is 0 Å². The van der Waals surface area contributed by atoms with E-state index in [-0.39, 0.29) is 5.56 Å². The maximum atomic E-state index is 10.9. The number of carbonyl (C=O) groups is 1. The monoisotopic (exact) mass is 267 g/mol. The minimum Gasteiger partial charge on any atom is -0.478 e. The summed E-state index contributed by atoms with van der Waals surface area (Å²) in [6.45, 7) is 5.40. The molecular formula is C14H18ClNO2. The lowest BCUT2D eigenvalue weighted by atomic mass is 9.94. The lowest BCUT2D eigenvalue weighted by molar-refractivity contribution is 0.0697. The van der Waals surface area contributed by atoms with Gasteiger partial charge >= 0.3 is 5.97 Å². The van der Waals surface area contributed by atoms with Gasteiger partial charge < -0.3 is 10.0 Å². The molecule has 18 heavy (non-hydrogen) atoms. The van der Waals surface area contributed by atoms with Crippen molar-refractivity contribution in [1.29, 1.82) is 0 Å². The number of rotatable bonds is 2. The van der Waals surface area contributed by atoms with E-state index in [0.717, 1.165) is 18.7 Å². The zero-order chi connectivity index (χ0) is 13.3. The van der Waals surface area contributed by atoms with Gasteiger partial charge in [0.05, 0.1) is 16.3 Å². The number of anilines is 1. The van der Waals surface area contributed by atoms with Crippen LogP contribution >= 0.6 is 11.6 Å². The van der Waals surface area contributed by atoms with E-state index < -0.39 is 5.97 Å². The number of carboxylic acid groups (broad SMARTS) is 1. The van der Waals surface area contributed by atoms with Gasteiger partial charge in [0.1, 0.15) is 0 Å². The molecule has 0 spiro atoms. The van der Waals surface area contributed by atoms with Crippen LogP contribution in [0, 0.1) is 5.92 Å². The molecule has 0 amide bonds. The summed E-state index contributed by atoms with van der Waals surface area (Å²) in [5.74, 6) is -0.292.